The number of rotatable bonds is 5. The second kappa shape index (κ2) is 9.80. The summed E-state index contributed by atoms with van der Waals surface area (Å²) in [5, 5.41) is 0. The Kier molecular flexibility index (Phi) is 7.00. The first-order valence-corrected chi connectivity index (χ1v) is 11.7. The zero-order valence-corrected chi connectivity index (χ0v) is 19.2. The van der Waals surface area contributed by atoms with Gasteiger partial charge in [0.1, 0.15) is 0 Å². The van der Waals surface area contributed by atoms with Gasteiger partial charge in [0.2, 0.25) is 0 Å². The van der Waals surface area contributed by atoms with E-state index in [1.165, 1.54) is 18.9 Å². The lowest BCUT2D eigenvalue weighted by Gasteiger charge is -2.35. The number of halogens is 4. The van der Waals surface area contributed by atoms with E-state index in [9.17, 15) is 22.4 Å². The van der Waals surface area contributed by atoms with Gasteiger partial charge in [-0.2, -0.15) is 13.2 Å². The smallest absolute Gasteiger partial charge is 0.396 e. The number of nitrogen functional groups attached to an aromatic ring is 1. The maximum atomic E-state index is 13.7. The highest BCUT2D eigenvalue weighted by atomic mass is 19.4. The van der Waals surface area contributed by atoms with Crippen LogP contribution in [0.25, 0.3) is 0 Å². The maximum absolute atomic E-state index is 13.7. The van der Waals surface area contributed by atoms with Gasteiger partial charge in [0, 0.05) is 24.8 Å². The van der Waals surface area contributed by atoms with Crippen molar-refractivity contribution in [3.63, 3.8) is 0 Å². The molecule has 1 aromatic carbocycles. The maximum Gasteiger partial charge on any atom is 0.471 e. The van der Waals surface area contributed by atoms with Gasteiger partial charge < -0.3 is 15.5 Å². The molecule has 1 fully saturated rings. The van der Waals surface area contributed by atoms with Crippen LogP contribution in [0.4, 0.5) is 28.9 Å². The lowest BCUT2D eigenvalue weighted by atomic mass is 9.97. The fourth-order valence-electron chi connectivity index (χ4n) is 5.25. The zero-order chi connectivity index (χ0) is 24.5. The highest BCUT2D eigenvalue weighted by Crippen LogP contribution is 2.36. The van der Waals surface area contributed by atoms with Crippen LogP contribution in [0, 0.1) is 18.7 Å². The van der Waals surface area contributed by atoms with E-state index in [1.807, 2.05) is 30.0 Å². The fraction of sp³-hybridized carbons (Fsp3) is 0.520. The normalized spacial score (nSPS) is 19.3. The summed E-state index contributed by atoms with van der Waals surface area (Å²) in [5.74, 6) is -1.89. The molecule has 2 aliphatic rings. The van der Waals surface area contributed by atoms with Crippen molar-refractivity contribution in [2.45, 2.75) is 70.8 Å². The number of hydrogen-bond donors (Lipinski definition) is 1. The van der Waals surface area contributed by atoms with Gasteiger partial charge in [-0.3, -0.25) is 9.78 Å². The highest BCUT2D eigenvalue weighted by molar-refractivity contribution is 5.82. The number of pyridine rings is 1. The van der Waals surface area contributed by atoms with Gasteiger partial charge in [-0.1, -0.05) is 37.8 Å². The van der Waals surface area contributed by atoms with E-state index in [2.05, 4.69) is 4.98 Å². The van der Waals surface area contributed by atoms with Gasteiger partial charge in [-0.05, 0) is 48.9 Å². The van der Waals surface area contributed by atoms with Crippen LogP contribution in [0.2, 0.25) is 0 Å². The highest BCUT2D eigenvalue weighted by Gasteiger charge is 2.44. The average molecular weight is 479 g/mol. The quantitative estimate of drug-likeness (QED) is 0.588. The lowest BCUT2D eigenvalue weighted by molar-refractivity contribution is -0.186. The second-order valence-corrected chi connectivity index (χ2v) is 9.46. The molecular weight excluding hydrogens is 448 g/mol. The monoisotopic (exact) mass is 478 g/mol. The van der Waals surface area contributed by atoms with Crippen LogP contribution in [0.5, 0.6) is 0 Å². The summed E-state index contributed by atoms with van der Waals surface area (Å²) >= 11 is 0. The second-order valence-electron chi connectivity index (χ2n) is 9.46. The first-order valence-electron chi connectivity index (χ1n) is 11.7. The molecular formula is C25H30F4N4O. The van der Waals surface area contributed by atoms with Crippen LogP contribution in [-0.2, 0) is 17.9 Å². The number of carbonyl (C=O) groups excluding carboxylic acids is 1. The molecule has 1 aromatic heterocycles. The SMILES string of the molecule is Cc1cccc2c1CN(C(=O)C(F)(F)F)C[C@@H](CCC1CCCC1)N2Cc1cc(N)c(F)cn1. The fourth-order valence-corrected chi connectivity index (χ4v) is 5.25. The van der Waals surface area contributed by atoms with Gasteiger partial charge >= 0.3 is 12.1 Å². The molecule has 1 amide bonds. The van der Waals surface area contributed by atoms with Crippen LogP contribution >= 0.6 is 0 Å². The summed E-state index contributed by atoms with van der Waals surface area (Å²) in [6, 6.07) is 6.69. The third-order valence-electron chi connectivity index (χ3n) is 7.10. The van der Waals surface area contributed by atoms with Crippen LogP contribution in [0.3, 0.4) is 0 Å². The predicted molar refractivity (Wildman–Crippen MR) is 122 cm³/mol. The van der Waals surface area contributed by atoms with Gasteiger partial charge in [0.15, 0.2) is 5.82 Å². The Hall–Kier alpha value is -2.84. The van der Waals surface area contributed by atoms with Gasteiger partial charge in [-0.25, -0.2) is 4.39 Å². The molecule has 1 aliphatic heterocycles. The molecule has 1 saturated carbocycles. The average Bonchev–Trinajstić information content (AvgIpc) is 3.25. The number of amides is 1. The molecule has 0 unspecified atom stereocenters. The lowest BCUT2D eigenvalue weighted by Crippen LogP contribution is -2.47. The summed E-state index contributed by atoms with van der Waals surface area (Å²) < 4.78 is 54.1. The Morgan fingerprint density at radius 2 is 1.94 bits per heavy atom. The minimum absolute atomic E-state index is 0.0272. The summed E-state index contributed by atoms with van der Waals surface area (Å²) in [7, 11) is 0. The number of fused-ring (bicyclic) bond motifs is 1. The minimum atomic E-state index is -4.94. The molecule has 0 spiro atoms. The standard InChI is InChI=1S/C25H30F4N4O/c1-16-5-4-8-23-20(16)15-32(24(34)25(27,28)29)14-19(10-9-17-6-2-3-7-17)33(23)13-18-11-22(30)21(26)12-31-18/h4-5,8,11-12,17,19H,2-3,6-7,9-10,13-15H2,1H3,(H2,30,31)/t19-/m1/s1. The number of aromatic nitrogens is 1. The van der Waals surface area contributed by atoms with E-state index in [0.717, 1.165) is 41.6 Å². The molecule has 4 rings (SSSR count). The Balaban J connectivity index is 1.73. The van der Waals surface area contributed by atoms with Crippen molar-refractivity contribution in [3.05, 3.63) is 53.1 Å². The number of anilines is 2. The van der Waals surface area contributed by atoms with Crippen molar-refractivity contribution in [3.8, 4) is 0 Å². The van der Waals surface area contributed by atoms with Crippen molar-refractivity contribution in [1.29, 1.82) is 0 Å². The van der Waals surface area contributed by atoms with Crippen molar-refractivity contribution in [2.75, 3.05) is 17.2 Å². The number of carbonyl (C=O) groups is 1. The van der Waals surface area contributed by atoms with E-state index >= 15 is 0 Å². The molecule has 0 saturated heterocycles. The van der Waals surface area contributed by atoms with E-state index in [4.69, 9.17) is 5.73 Å². The topological polar surface area (TPSA) is 62.5 Å². The van der Waals surface area contributed by atoms with Crippen LogP contribution < -0.4 is 10.6 Å². The van der Waals surface area contributed by atoms with E-state index < -0.39 is 17.9 Å². The Morgan fingerprint density at radius 1 is 1.21 bits per heavy atom. The molecule has 1 aliphatic carbocycles. The first kappa shape index (κ1) is 24.3. The summed E-state index contributed by atoms with van der Waals surface area (Å²) in [6.07, 6.45) is 2.27. The third kappa shape index (κ3) is 5.28. The third-order valence-corrected chi connectivity index (χ3v) is 7.10. The summed E-state index contributed by atoms with van der Waals surface area (Å²) in [5.41, 5.74) is 8.51. The summed E-state index contributed by atoms with van der Waals surface area (Å²) in [4.78, 5) is 19.5. The summed E-state index contributed by atoms with van der Waals surface area (Å²) in [6.45, 7) is 1.93. The van der Waals surface area contributed by atoms with E-state index in [-0.39, 0.29) is 31.4 Å². The molecule has 9 heteroatoms. The largest absolute Gasteiger partial charge is 0.471 e. The number of aryl methyl sites for hydroxylation is 1. The predicted octanol–water partition coefficient (Wildman–Crippen LogP) is 5.36. The van der Waals surface area contributed by atoms with Crippen molar-refractivity contribution >= 4 is 17.3 Å². The molecule has 1 atom stereocenters. The molecule has 2 N–H and O–H groups in total. The molecule has 2 heterocycles. The zero-order valence-electron chi connectivity index (χ0n) is 19.2. The Morgan fingerprint density at radius 3 is 2.62 bits per heavy atom. The Bertz CT molecular complexity index is 1040. The van der Waals surface area contributed by atoms with Gasteiger partial charge in [0.05, 0.1) is 24.1 Å². The number of alkyl halides is 3. The molecule has 5 nitrogen and oxygen atoms in total. The van der Waals surface area contributed by atoms with Gasteiger partial charge in [-0.15, -0.1) is 0 Å². The van der Waals surface area contributed by atoms with Crippen molar-refractivity contribution < 1.29 is 22.4 Å². The van der Waals surface area contributed by atoms with E-state index in [1.54, 1.807) is 0 Å². The van der Waals surface area contributed by atoms with Crippen molar-refractivity contribution in [2.24, 2.45) is 5.92 Å². The Labute approximate surface area is 196 Å². The van der Waals surface area contributed by atoms with Crippen LogP contribution in [-0.4, -0.2) is 34.6 Å². The van der Waals surface area contributed by atoms with Crippen LogP contribution in [0.1, 0.15) is 55.3 Å². The number of hydrogen-bond acceptors (Lipinski definition) is 4. The first-order chi connectivity index (χ1) is 16.1. The number of nitrogens with two attached hydrogens (primary N) is 1. The molecule has 2 aromatic rings. The number of benzene rings is 1. The van der Waals surface area contributed by atoms with Gasteiger partial charge in [0.25, 0.3) is 0 Å². The molecule has 184 valence electrons. The molecule has 0 radical (unpaired) electrons. The molecule has 0 bridgehead atoms. The van der Waals surface area contributed by atoms with E-state index in [0.29, 0.717) is 23.6 Å². The number of nitrogens with zero attached hydrogens (tertiary/aromatic N) is 3. The van der Waals surface area contributed by atoms with Crippen LogP contribution in [0.15, 0.2) is 30.5 Å². The molecule has 34 heavy (non-hydrogen) atoms. The minimum Gasteiger partial charge on any atom is -0.396 e. The van der Waals surface area contributed by atoms with Crippen molar-refractivity contribution in [1.82, 2.24) is 9.88 Å².